The summed E-state index contributed by atoms with van der Waals surface area (Å²) in [6.45, 7) is 4.03. The maximum absolute atomic E-state index is 11.9. The summed E-state index contributed by atoms with van der Waals surface area (Å²) in [6.07, 6.45) is 0. The van der Waals surface area contributed by atoms with Crippen molar-refractivity contribution in [3.8, 4) is 16.9 Å². The third kappa shape index (κ3) is 2.16. The van der Waals surface area contributed by atoms with Crippen molar-refractivity contribution in [3.05, 3.63) is 70.1 Å². The van der Waals surface area contributed by atoms with Crippen LogP contribution in [0.4, 0.5) is 0 Å². The lowest BCUT2D eigenvalue weighted by Gasteiger charge is -1.97. The third-order valence-corrected chi connectivity index (χ3v) is 3.26. The van der Waals surface area contributed by atoms with Crippen molar-refractivity contribution >= 4 is 0 Å². The Morgan fingerprint density at radius 1 is 0.900 bits per heavy atom. The van der Waals surface area contributed by atoms with Crippen LogP contribution in [-0.4, -0.2) is 5.27 Å². The molecule has 0 fully saturated rings. The normalized spacial score (nSPS) is 10.7. The minimum absolute atomic E-state index is 0.380. The molecular formula is C16H15N2O2+. The molecule has 100 valence electrons. The van der Waals surface area contributed by atoms with Gasteiger partial charge < -0.3 is 0 Å². The summed E-state index contributed by atoms with van der Waals surface area (Å²) < 4.78 is 6.61. The Bertz CT molecular complexity index is 781. The summed E-state index contributed by atoms with van der Waals surface area (Å²) >= 11 is 0. The van der Waals surface area contributed by atoms with Crippen LogP contribution in [0, 0.1) is 13.8 Å². The van der Waals surface area contributed by atoms with Crippen LogP contribution in [0.25, 0.3) is 16.9 Å². The molecule has 3 rings (SSSR count). The molecule has 0 aliphatic rings. The van der Waals surface area contributed by atoms with E-state index >= 15 is 0 Å². The second-order valence-corrected chi connectivity index (χ2v) is 4.87. The van der Waals surface area contributed by atoms with E-state index in [9.17, 15) is 4.79 Å². The van der Waals surface area contributed by atoms with Crippen LogP contribution in [0.3, 0.4) is 0 Å². The fourth-order valence-electron chi connectivity index (χ4n) is 2.11. The zero-order valence-electron chi connectivity index (χ0n) is 11.4. The highest BCUT2D eigenvalue weighted by molar-refractivity contribution is 5.55. The molecule has 0 unspecified atom stereocenters. The number of rotatable bonds is 2. The molecule has 0 saturated heterocycles. The van der Waals surface area contributed by atoms with Gasteiger partial charge in [0.2, 0.25) is 5.69 Å². The first-order chi connectivity index (χ1) is 9.65. The van der Waals surface area contributed by atoms with Crippen molar-refractivity contribution in [3.63, 3.8) is 0 Å². The molecule has 0 bridgehead atoms. The molecule has 3 aromatic rings. The SMILES string of the molecule is Cc1ccc(-c2c(=O)o[nH][n+]2-c2ccc(C)cc2)cc1. The Morgan fingerprint density at radius 2 is 1.45 bits per heavy atom. The van der Waals surface area contributed by atoms with Gasteiger partial charge in [-0.3, -0.25) is 4.52 Å². The predicted octanol–water partition coefficient (Wildman–Crippen LogP) is 2.53. The Balaban J connectivity index is 2.17. The molecule has 1 N–H and O–H groups in total. The largest absolute Gasteiger partial charge is 0.435 e. The average Bonchev–Trinajstić information content (AvgIpc) is 2.83. The number of aryl methyl sites for hydroxylation is 2. The van der Waals surface area contributed by atoms with Crippen LogP contribution in [0.2, 0.25) is 0 Å². The van der Waals surface area contributed by atoms with Crippen molar-refractivity contribution in [2.75, 3.05) is 0 Å². The maximum Gasteiger partial charge on any atom is 0.435 e. The molecule has 0 atom stereocenters. The average molecular weight is 267 g/mol. The monoisotopic (exact) mass is 267 g/mol. The summed E-state index contributed by atoms with van der Waals surface area (Å²) in [5, 5.41) is 2.65. The van der Waals surface area contributed by atoms with Crippen LogP contribution in [0.5, 0.6) is 0 Å². The lowest BCUT2D eigenvalue weighted by molar-refractivity contribution is -0.660. The molecule has 1 heterocycles. The van der Waals surface area contributed by atoms with Gasteiger partial charge in [0.25, 0.3) is 0 Å². The number of aromatic nitrogens is 2. The van der Waals surface area contributed by atoms with Crippen molar-refractivity contribution in [2.24, 2.45) is 0 Å². The van der Waals surface area contributed by atoms with Gasteiger partial charge in [0.05, 0.1) is 5.56 Å². The van der Waals surface area contributed by atoms with Gasteiger partial charge in [0.15, 0.2) is 0 Å². The van der Waals surface area contributed by atoms with E-state index in [1.807, 2.05) is 62.4 Å². The molecule has 0 radical (unpaired) electrons. The van der Waals surface area contributed by atoms with Gasteiger partial charge in [-0.25, -0.2) is 4.79 Å². The van der Waals surface area contributed by atoms with Gasteiger partial charge in [0.1, 0.15) is 0 Å². The van der Waals surface area contributed by atoms with Gasteiger partial charge >= 0.3 is 11.3 Å². The number of nitrogens with zero attached hydrogens (tertiary/aromatic N) is 1. The molecule has 0 spiro atoms. The van der Waals surface area contributed by atoms with Crippen LogP contribution in [0.15, 0.2) is 57.8 Å². The fourth-order valence-corrected chi connectivity index (χ4v) is 2.11. The zero-order valence-corrected chi connectivity index (χ0v) is 11.4. The second kappa shape index (κ2) is 4.81. The molecule has 0 saturated carbocycles. The van der Waals surface area contributed by atoms with Gasteiger partial charge in [-0.05, 0) is 35.9 Å². The summed E-state index contributed by atoms with van der Waals surface area (Å²) in [5.74, 6) is 0. The third-order valence-electron chi connectivity index (χ3n) is 3.26. The highest BCUT2D eigenvalue weighted by Gasteiger charge is 2.24. The van der Waals surface area contributed by atoms with Gasteiger partial charge in [0, 0.05) is 12.1 Å². The Kier molecular flexibility index (Phi) is 2.99. The summed E-state index contributed by atoms with van der Waals surface area (Å²) in [7, 11) is 0. The minimum Gasteiger partial charge on any atom is -0.282 e. The maximum atomic E-state index is 11.9. The smallest absolute Gasteiger partial charge is 0.282 e. The first kappa shape index (κ1) is 12.4. The molecule has 0 amide bonds. The summed E-state index contributed by atoms with van der Waals surface area (Å²) in [5.41, 5.74) is 4.11. The Labute approximate surface area is 116 Å². The second-order valence-electron chi connectivity index (χ2n) is 4.87. The molecule has 20 heavy (non-hydrogen) atoms. The van der Waals surface area contributed by atoms with Crippen molar-refractivity contribution in [2.45, 2.75) is 13.8 Å². The van der Waals surface area contributed by atoms with Crippen LogP contribution >= 0.6 is 0 Å². The minimum atomic E-state index is -0.380. The topological polar surface area (TPSA) is 49.9 Å². The van der Waals surface area contributed by atoms with Crippen LogP contribution < -0.4 is 10.3 Å². The van der Waals surface area contributed by atoms with E-state index in [4.69, 9.17) is 4.52 Å². The lowest BCUT2D eigenvalue weighted by atomic mass is 10.1. The first-order valence-electron chi connectivity index (χ1n) is 6.43. The van der Waals surface area contributed by atoms with Crippen LogP contribution in [-0.2, 0) is 0 Å². The standard InChI is InChI=1S/C16H14N2O2/c1-11-3-7-13(8-4-11)15-16(19)20-17-18(15)14-9-5-12(2)6-10-14/h3-10H,1-2H3/p+1. The van der Waals surface area contributed by atoms with Crippen molar-refractivity contribution < 1.29 is 9.20 Å². The number of hydrogen-bond donors (Lipinski definition) is 1. The quantitative estimate of drug-likeness (QED) is 0.725. The van der Waals surface area contributed by atoms with Crippen molar-refractivity contribution in [1.82, 2.24) is 5.27 Å². The number of aromatic amines is 1. The predicted molar refractivity (Wildman–Crippen MR) is 75.8 cm³/mol. The highest BCUT2D eigenvalue weighted by Crippen LogP contribution is 2.14. The number of benzene rings is 2. The van der Waals surface area contributed by atoms with Crippen molar-refractivity contribution in [1.29, 1.82) is 0 Å². The number of hydrogen-bond acceptors (Lipinski definition) is 2. The van der Waals surface area contributed by atoms with Gasteiger partial charge in [-0.1, -0.05) is 35.4 Å². The van der Waals surface area contributed by atoms with E-state index in [1.165, 1.54) is 0 Å². The molecule has 1 aromatic heterocycles. The first-order valence-corrected chi connectivity index (χ1v) is 6.43. The highest BCUT2D eigenvalue weighted by atomic mass is 16.5. The van der Waals surface area contributed by atoms with E-state index in [1.54, 1.807) is 4.68 Å². The fraction of sp³-hybridized carbons (Fsp3) is 0.125. The lowest BCUT2D eigenvalue weighted by Crippen LogP contribution is -2.36. The Hall–Kier alpha value is -2.62. The molecule has 4 heteroatoms. The summed E-state index contributed by atoms with van der Waals surface area (Å²) in [6, 6.07) is 15.7. The molecule has 0 aliphatic carbocycles. The number of H-pyrrole nitrogens is 1. The van der Waals surface area contributed by atoms with E-state index in [-0.39, 0.29) is 5.63 Å². The van der Waals surface area contributed by atoms with E-state index in [0.717, 1.165) is 22.4 Å². The molecular weight excluding hydrogens is 252 g/mol. The Morgan fingerprint density at radius 3 is 2.05 bits per heavy atom. The van der Waals surface area contributed by atoms with Gasteiger partial charge in [-0.15, -0.1) is 0 Å². The van der Waals surface area contributed by atoms with Crippen LogP contribution in [0.1, 0.15) is 11.1 Å². The molecule has 0 aliphatic heterocycles. The van der Waals surface area contributed by atoms with E-state index in [0.29, 0.717) is 5.69 Å². The molecule has 2 aromatic carbocycles. The van der Waals surface area contributed by atoms with E-state index in [2.05, 4.69) is 5.27 Å². The zero-order chi connectivity index (χ0) is 14.1. The number of nitrogens with one attached hydrogen (secondary N) is 1. The summed E-state index contributed by atoms with van der Waals surface area (Å²) in [4.78, 5) is 11.9. The molecule has 4 nitrogen and oxygen atoms in total. The van der Waals surface area contributed by atoms with E-state index < -0.39 is 0 Å². The van der Waals surface area contributed by atoms with Gasteiger partial charge in [-0.2, -0.15) is 0 Å².